The molecule has 7 heteroatoms. The molecule has 3 rings (SSSR count). The molecule has 1 aliphatic rings. The lowest BCUT2D eigenvalue weighted by atomic mass is 9.94. The van der Waals surface area contributed by atoms with Gasteiger partial charge in [-0.2, -0.15) is 0 Å². The minimum atomic E-state index is -0.348. The minimum absolute atomic E-state index is 0.193. The van der Waals surface area contributed by atoms with Crippen LogP contribution in [0.2, 0.25) is 0 Å². The molecule has 0 radical (unpaired) electrons. The molecule has 0 spiro atoms. The summed E-state index contributed by atoms with van der Waals surface area (Å²) in [5.74, 6) is 2.46. The van der Waals surface area contributed by atoms with E-state index >= 15 is 0 Å². The van der Waals surface area contributed by atoms with Crippen molar-refractivity contribution in [3.63, 3.8) is 0 Å². The summed E-state index contributed by atoms with van der Waals surface area (Å²) in [4.78, 5) is 16.5. The van der Waals surface area contributed by atoms with Gasteiger partial charge < -0.3 is 19.3 Å². The Morgan fingerprint density at radius 1 is 0.964 bits per heavy atom. The van der Waals surface area contributed by atoms with E-state index in [4.69, 9.17) is 9.47 Å². The number of amides is 1. The molecule has 150 valence electrons. The smallest absolute Gasteiger partial charge is 0.228 e. The average molecular weight is 384 g/mol. The van der Waals surface area contributed by atoms with Crippen LogP contribution < -0.4 is 14.4 Å². The summed E-state index contributed by atoms with van der Waals surface area (Å²) in [6, 6.07) is 9.49. The Morgan fingerprint density at radius 2 is 1.68 bits per heavy atom. The fraction of sp³-hybridized carbons (Fsp3) is 0.476. The van der Waals surface area contributed by atoms with Crippen molar-refractivity contribution in [2.45, 2.75) is 20.8 Å². The summed E-state index contributed by atoms with van der Waals surface area (Å²) >= 11 is 0. The lowest BCUT2D eigenvalue weighted by molar-refractivity contribution is -0.139. The monoisotopic (exact) mass is 384 g/mol. The van der Waals surface area contributed by atoms with Crippen LogP contribution in [0.4, 0.5) is 5.82 Å². The zero-order valence-electron chi connectivity index (χ0n) is 17.2. The second-order valence-corrected chi connectivity index (χ2v) is 7.87. The molecule has 1 saturated heterocycles. The molecule has 0 unspecified atom stereocenters. The summed E-state index contributed by atoms with van der Waals surface area (Å²) in [5.41, 5.74) is 1.21. The number of carbonyl (C=O) groups is 1. The standard InChI is InChI=1S/C21H28N4O3/c1-21(2,3)20(26)25-12-10-24(11-13-25)19-9-7-17(22-23-19)16-14-15(27-4)6-8-18(16)28-5/h6-9,14H,10-13H2,1-5H3. The van der Waals surface area contributed by atoms with E-state index in [2.05, 4.69) is 15.1 Å². The molecule has 28 heavy (non-hydrogen) atoms. The summed E-state index contributed by atoms with van der Waals surface area (Å²) in [6.07, 6.45) is 0. The predicted octanol–water partition coefficient (Wildman–Crippen LogP) is 2.86. The Balaban J connectivity index is 1.72. The minimum Gasteiger partial charge on any atom is -0.497 e. The van der Waals surface area contributed by atoms with Crippen molar-refractivity contribution >= 4 is 11.7 Å². The van der Waals surface area contributed by atoms with E-state index < -0.39 is 0 Å². The van der Waals surface area contributed by atoms with Gasteiger partial charge in [-0.3, -0.25) is 4.79 Å². The number of carbonyl (C=O) groups excluding carboxylic acids is 1. The van der Waals surface area contributed by atoms with Crippen molar-refractivity contribution in [1.29, 1.82) is 0 Å². The first-order chi connectivity index (χ1) is 13.3. The second-order valence-electron chi connectivity index (χ2n) is 7.87. The molecule has 0 saturated carbocycles. The SMILES string of the molecule is COc1ccc(OC)c(-c2ccc(N3CCN(C(=O)C(C)(C)C)CC3)nn2)c1. The highest BCUT2D eigenvalue weighted by molar-refractivity contribution is 5.81. The fourth-order valence-corrected chi connectivity index (χ4v) is 3.26. The third-order valence-corrected chi connectivity index (χ3v) is 4.87. The summed E-state index contributed by atoms with van der Waals surface area (Å²) in [6.45, 7) is 8.76. The van der Waals surface area contributed by atoms with Gasteiger partial charge in [-0.25, -0.2) is 0 Å². The van der Waals surface area contributed by atoms with Crippen LogP contribution in [0.15, 0.2) is 30.3 Å². The van der Waals surface area contributed by atoms with Crippen LogP contribution in [-0.4, -0.2) is 61.4 Å². The largest absolute Gasteiger partial charge is 0.497 e. The highest BCUT2D eigenvalue weighted by Crippen LogP contribution is 2.32. The molecule has 0 N–H and O–H groups in total. The lowest BCUT2D eigenvalue weighted by Gasteiger charge is -2.38. The van der Waals surface area contributed by atoms with Crippen molar-refractivity contribution in [2.24, 2.45) is 5.41 Å². The van der Waals surface area contributed by atoms with Gasteiger partial charge in [0.05, 0.1) is 19.9 Å². The van der Waals surface area contributed by atoms with Crippen LogP contribution in [0.5, 0.6) is 11.5 Å². The molecule has 0 atom stereocenters. The molecule has 1 aliphatic heterocycles. The van der Waals surface area contributed by atoms with E-state index in [9.17, 15) is 4.79 Å². The van der Waals surface area contributed by atoms with E-state index in [1.54, 1.807) is 14.2 Å². The summed E-state index contributed by atoms with van der Waals surface area (Å²) < 4.78 is 10.7. The van der Waals surface area contributed by atoms with Gasteiger partial charge >= 0.3 is 0 Å². The third-order valence-electron chi connectivity index (χ3n) is 4.87. The first-order valence-corrected chi connectivity index (χ1v) is 9.44. The normalized spacial score (nSPS) is 14.8. The number of piperazine rings is 1. The number of hydrogen-bond donors (Lipinski definition) is 0. The molecule has 1 aromatic heterocycles. The molecule has 0 bridgehead atoms. The highest BCUT2D eigenvalue weighted by Gasteiger charge is 2.30. The topological polar surface area (TPSA) is 67.8 Å². The molecule has 1 amide bonds. The van der Waals surface area contributed by atoms with E-state index in [0.717, 1.165) is 41.7 Å². The number of hydrogen-bond acceptors (Lipinski definition) is 6. The number of benzene rings is 1. The van der Waals surface area contributed by atoms with Crippen molar-refractivity contribution in [3.05, 3.63) is 30.3 Å². The Morgan fingerprint density at radius 3 is 2.21 bits per heavy atom. The molecule has 2 aromatic rings. The van der Waals surface area contributed by atoms with Gasteiger partial charge in [0.15, 0.2) is 5.82 Å². The average Bonchev–Trinajstić information content (AvgIpc) is 2.72. The van der Waals surface area contributed by atoms with Gasteiger partial charge in [-0.15, -0.1) is 10.2 Å². The number of ether oxygens (including phenoxy) is 2. The van der Waals surface area contributed by atoms with Crippen LogP contribution in [0.3, 0.4) is 0 Å². The molecule has 1 fully saturated rings. The number of methoxy groups -OCH3 is 2. The molecule has 7 nitrogen and oxygen atoms in total. The van der Waals surface area contributed by atoms with E-state index in [-0.39, 0.29) is 11.3 Å². The first-order valence-electron chi connectivity index (χ1n) is 9.44. The highest BCUT2D eigenvalue weighted by atomic mass is 16.5. The maximum Gasteiger partial charge on any atom is 0.228 e. The maximum atomic E-state index is 12.4. The van der Waals surface area contributed by atoms with Crippen LogP contribution in [0, 0.1) is 5.41 Å². The van der Waals surface area contributed by atoms with Gasteiger partial charge in [0.1, 0.15) is 11.5 Å². The van der Waals surface area contributed by atoms with Crippen LogP contribution in [0.1, 0.15) is 20.8 Å². The number of anilines is 1. The molecule has 2 heterocycles. The van der Waals surface area contributed by atoms with Crippen molar-refractivity contribution < 1.29 is 14.3 Å². The predicted molar refractivity (Wildman–Crippen MR) is 109 cm³/mol. The fourth-order valence-electron chi connectivity index (χ4n) is 3.26. The van der Waals surface area contributed by atoms with Gasteiger partial charge in [0.25, 0.3) is 0 Å². The summed E-state index contributed by atoms with van der Waals surface area (Å²) in [5, 5.41) is 8.80. The lowest BCUT2D eigenvalue weighted by Crippen LogP contribution is -2.51. The van der Waals surface area contributed by atoms with Crippen LogP contribution >= 0.6 is 0 Å². The van der Waals surface area contributed by atoms with Crippen LogP contribution in [0.25, 0.3) is 11.3 Å². The Labute approximate surface area is 166 Å². The number of aromatic nitrogens is 2. The molecule has 1 aromatic carbocycles. The first kappa shape index (κ1) is 19.9. The van der Waals surface area contributed by atoms with Crippen molar-refractivity contribution in [3.8, 4) is 22.8 Å². The third kappa shape index (κ3) is 4.18. The van der Waals surface area contributed by atoms with E-state index in [0.29, 0.717) is 13.1 Å². The van der Waals surface area contributed by atoms with Gasteiger partial charge in [0, 0.05) is 37.2 Å². The Kier molecular flexibility index (Phi) is 5.72. The van der Waals surface area contributed by atoms with E-state index in [1.165, 1.54) is 0 Å². The van der Waals surface area contributed by atoms with Crippen molar-refractivity contribution in [2.75, 3.05) is 45.3 Å². The maximum absolute atomic E-state index is 12.4. The van der Waals surface area contributed by atoms with E-state index in [1.807, 2.05) is 56.0 Å². The number of nitrogens with zero attached hydrogens (tertiary/aromatic N) is 4. The Bertz CT molecular complexity index is 823. The number of rotatable bonds is 4. The van der Waals surface area contributed by atoms with Gasteiger partial charge in [-0.05, 0) is 30.3 Å². The van der Waals surface area contributed by atoms with Gasteiger partial charge in [0.2, 0.25) is 5.91 Å². The quantitative estimate of drug-likeness (QED) is 0.807. The molecule has 0 aliphatic carbocycles. The molecular formula is C21H28N4O3. The van der Waals surface area contributed by atoms with Crippen LogP contribution in [-0.2, 0) is 4.79 Å². The summed E-state index contributed by atoms with van der Waals surface area (Å²) in [7, 11) is 3.26. The molecular weight excluding hydrogens is 356 g/mol. The Hall–Kier alpha value is -2.83. The van der Waals surface area contributed by atoms with Crippen molar-refractivity contribution in [1.82, 2.24) is 15.1 Å². The second kappa shape index (κ2) is 8.04. The zero-order chi connectivity index (χ0) is 20.3. The van der Waals surface area contributed by atoms with Gasteiger partial charge in [-0.1, -0.05) is 20.8 Å². The zero-order valence-corrected chi connectivity index (χ0v) is 17.2.